The van der Waals surface area contributed by atoms with Crippen LogP contribution in [0.1, 0.15) is 36.0 Å². The van der Waals surface area contributed by atoms with E-state index in [1.807, 2.05) is 0 Å². The number of nitrogens with zero attached hydrogens (tertiary/aromatic N) is 4. The molecule has 1 aromatic heterocycles. The zero-order chi connectivity index (χ0) is 17.7. The molecule has 128 valence electrons. The van der Waals surface area contributed by atoms with Gasteiger partial charge in [-0.05, 0) is 49.9 Å². The third-order valence-corrected chi connectivity index (χ3v) is 4.17. The Morgan fingerprint density at radius 2 is 2.00 bits per heavy atom. The fourth-order valence-electron chi connectivity index (χ4n) is 2.85. The second kappa shape index (κ2) is 7.13. The lowest BCUT2D eigenvalue weighted by atomic mass is 10.00. The number of hydrogen-bond acceptors (Lipinski definition) is 6. The number of hydrogen-bond donors (Lipinski definition) is 1. The van der Waals surface area contributed by atoms with Gasteiger partial charge in [-0.2, -0.15) is 10.4 Å². The first-order valence-corrected chi connectivity index (χ1v) is 7.96. The third kappa shape index (κ3) is 3.83. The van der Waals surface area contributed by atoms with Crippen molar-refractivity contribution in [3.63, 3.8) is 0 Å². The Morgan fingerprint density at radius 1 is 1.28 bits per heavy atom. The number of amides is 1. The van der Waals surface area contributed by atoms with Crippen molar-refractivity contribution in [1.82, 2.24) is 20.1 Å². The maximum atomic E-state index is 12.0. The van der Waals surface area contributed by atoms with E-state index < -0.39 is 24.0 Å². The standard InChI is InChI=1S/C17H17N5O3/c18-10-17(7-1-2-8-17)21-15(23)9-25-16(24)13-3-5-14(6-4-13)22-12-19-11-20-22/h3-6,11-12H,1-2,7-9H2,(H,21,23). The Labute approximate surface area is 144 Å². The number of nitrogens with one attached hydrogen (secondary N) is 1. The molecule has 2 aromatic rings. The first-order chi connectivity index (χ1) is 12.1. The first-order valence-electron chi connectivity index (χ1n) is 7.96. The van der Waals surface area contributed by atoms with Gasteiger partial charge in [0.15, 0.2) is 6.61 Å². The number of esters is 1. The van der Waals surface area contributed by atoms with Crippen molar-refractivity contribution in [2.75, 3.05) is 6.61 Å². The predicted molar refractivity (Wildman–Crippen MR) is 86.6 cm³/mol. The molecule has 0 unspecified atom stereocenters. The molecule has 0 atom stereocenters. The number of benzene rings is 1. The van der Waals surface area contributed by atoms with Gasteiger partial charge in [0, 0.05) is 0 Å². The minimum atomic E-state index is -0.817. The maximum absolute atomic E-state index is 12.0. The highest BCUT2D eigenvalue weighted by Gasteiger charge is 2.35. The highest BCUT2D eigenvalue weighted by Crippen LogP contribution is 2.28. The summed E-state index contributed by atoms with van der Waals surface area (Å²) in [6, 6.07) is 8.74. The van der Waals surface area contributed by atoms with Crippen LogP contribution in [0.4, 0.5) is 0 Å². The highest BCUT2D eigenvalue weighted by atomic mass is 16.5. The van der Waals surface area contributed by atoms with Crippen molar-refractivity contribution in [3.8, 4) is 11.8 Å². The molecular weight excluding hydrogens is 322 g/mol. The molecule has 3 rings (SSSR count). The van der Waals surface area contributed by atoms with E-state index in [0.717, 1.165) is 18.5 Å². The van der Waals surface area contributed by atoms with Gasteiger partial charge >= 0.3 is 5.97 Å². The number of carbonyl (C=O) groups excluding carboxylic acids is 2. The van der Waals surface area contributed by atoms with Crippen molar-refractivity contribution in [3.05, 3.63) is 42.5 Å². The number of rotatable bonds is 5. The third-order valence-electron chi connectivity index (χ3n) is 4.17. The SMILES string of the molecule is N#CC1(NC(=O)COC(=O)c2ccc(-n3cncn3)cc2)CCCC1. The van der Waals surface area contributed by atoms with Gasteiger partial charge in [-0.3, -0.25) is 4.79 Å². The van der Waals surface area contributed by atoms with E-state index in [0.29, 0.717) is 18.4 Å². The van der Waals surface area contributed by atoms with Crippen LogP contribution in [0.5, 0.6) is 0 Å². The summed E-state index contributed by atoms with van der Waals surface area (Å²) in [6.45, 7) is -0.410. The van der Waals surface area contributed by atoms with Gasteiger partial charge in [0.2, 0.25) is 0 Å². The molecule has 1 aliphatic carbocycles. The summed E-state index contributed by atoms with van der Waals surface area (Å²) in [7, 11) is 0. The maximum Gasteiger partial charge on any atom is 0.338 e. The van der Waals surface area contributed by atoms with Crippen molar-refractivity contribution in [2.45, 2.75) is 31.2 Å². The molecule has 1 aromatic carbocycles. The summed E-state index contributed by atoms with van der Waals surface area (Å²) < 4.78 is 6.59. The Kier molecular flexibility index (Phi) is 4.75. The van der Waals surface area contributed by atoms with Crippen molar-refractivity contribution in [2.24, 2.45) is 0 Å². The van der Waals surface area contributed by atoms with E-state index in [9.17, 15) is 14.9 Å². The largest absolute Gasteiger partial charge is 0.452 e. The molecule has 1 N–H and O–H groups in total. The van der Waals surface area contributed by atoms with Gasteiger partial charge in [-0.25, -0.2) is 14.5 Å². The van der Waals surface area contributed by atoms with Crippen molar-refractivity contribution in [1.29, 1.82) is 5.26 Å². The summed E-state index contributed by atoms with van der Waals surface area (Å²) >= 11 is 0. The lowest BCUT2D eigenvalue weighted by molar-refractivity contribution is -0.125. The van der Waals surface area contributed by atoms with Crippen molar-refractivity contribution < 1.29 is 14.3 Å². The average Bonchev–Trinajstić information content (AvgIpc) is 3.32. The second-order valence-corrected chi connectivity index (χ2v) is 5.91. The Bertz CT molecular complexity index is 787. The molecule has 0 bridgehead atoms. The molecule has 1 heterocycles. The Hall–Kier alpha value is -3.21. The molecule has 25 heavy (non-hydrogen) atoms. The predicted octanol–water partition coefficient (Wildman–Crippen LogP) is 1.38. The fraction of sp³-hybridized carbons (Fsp3) is 0.353. The van der Waals surface area contributed by atoms with Crippen LogP contribution in [0, 0.1) is 11.3 Å². The van der Waals surface area contributed by atoms with E-state index in [-0.39, 0.29) is 0 Å². The van der Waals surface area contributed by atoms with E-state index in [1.165, 1.54) is 6.33 Å². The van der Waals surface area contributed by atoms with E-state index in [2.05, 4.69) is 21.5 Å². The zero-order valence-corrected chi connectivity index (χ0v) is 13.5. The molecule has 1 aliphatic rings. The van der Waals surface area contributed by atoms with Gasteiger partial charge in [0.05, 0.1) is 17.3 Å². The molecule has 1 amide bonds. The van der Waals surface area contributed by atoms with Crippen LogP contribution in [-0.2, 0) is 9.53 Å². The van der Waals surface area contributed by atoms with Gasteiger partial charge in [0.1, 0.15) is 18.2 Å². The average molecular weight is 339 g/mol. The molecule has 0 radical (unpaired) electrons. The van der Waals surface area contributed by atoms with Crippen LogP contribution in [0.15, 0.2) is 36.9 Å². The number of ether oxygens (including phenoxy) is 1. The van der Waals surface area contributed by atoms with Crippen LogP contribution < -0.4 is 5.32 Å². The molecular formula is C17H17N5O3. The zero-order valence-electron chi connectivity index (χ0n) is 13.5. The van der Waals surface area contributed by atoms with Gasteiger partial charge in [-0.15, -0.1) is 0 Å². The van der Waals surface area contributed by atoms with Crippen molar-refractivity contribution >= 4 is 11.9 Å². The minimum absolute atomic E-state index is 0.326. The molecule has 8 nitrogen and oxygen atoms in total. The summed E-state index contributed by atoms with van der Waals surface area (Å²) in [4.78, 5) is 27.8. The molecule has 0 spiro atoms. The van der Waals surface area contributed by atoms with Crippen LogP contribution >= 0.6 is 0 Å². The number of carbonyl (C=O) groups is 2. The van der Waals surface area contributed by atoms with Crippen LogP contribution in [0.25, 0.3) is 5.69 Å². The van der Waals surface area contributed by atoms with Crippen LogP contribution in [0.2, 0.25) is 0 Å². The first kappa shape index (κ1) is 16.6. The Balaban J connectivity index is 1.54. The van der Waals surface area contributed by atoms with Gasteiger partial charge in [0.25, 0.3) is 5.91 Å². The summed E-state index contributed by atoms with van der Waals surface area (Å²) in [5.41, 5.74) is 0.264. The normalized spacial score (nSPS) is 15.3. The number of nitriles is 1. The second-order valence-electron chi connectivity index (χ2n) is 5.91. The highest BCUT2D eigenvalue weighted by molar-refractivity contribution is 5.91. The van der Waals surface area contributed by atoms with Crippen LogP contribution in [-0.4, -0.2) is 38.8 Å². The molecule has 1 fully saturated rings. The molecule has 8 heteroatoms. The molecule has 0 saturated heterocycles. The topological polar surface area (TPSA) is 110 Å². The van der Waals surface area contributed by atoms with E-state index in [1.54, 1.807) is 35.3 Å². The number of aromatic nitrogens is 3. The summed E-state index contributed by atoms with van der Waals surface area (Å²) in [5.74, 6) is -1.06. The monoisotopic (exact) mass is 339 g/mol. The van der Waals surface area contributed by atoms with Crippen LogP contribution in [0.3, 0.4) is 0 Å². The minimum Gasteiger partial charge on any atom is -0.452 e. The van der Waals surface area contributed by atoms with Gasteiger partial charge in [-0.1, -0.05) is 0 Å². The molecule has 1 saturated carbocycles. The lowest BCUT2D eigenvalue weighted by Gasteiger charge is -2.21. The summed E-state index contributed by atoms with van der Waals surface area (Å²) in [5, 5.41) is 15.9. The molecule has 0 aliphatic heterocycles. The fourth-order valence-corrected chi connectivity index (χ4v) is 2.85. The summed E-state index contributed by atoms with van der Waals surface area (Å²) in [6.07, 6.45) is 6.04. The lowest BCUT2D eigenvalue weighted by Crippen LogP contribution is -2.46. The smallest absolute Gasteiger partial charge is 0.338 e. The van der Waals surface area contributed by atoms with Gasteiger partial charge < -0.3 is 10.1 Å². The quantitative estimate of drug-likeness (QED) is 0.824. The Morgan fingerprint density at radius 3 is 2.60 bits per heavy atom. The van der Waals surface area contributed by atoms with E-state index in [4.69, 9.17) is 4.74 Å². The van der Waals surface area contributed by atoms with E-state index >= 15 is 0 Å².